The average molecular weight is 149 g/mol. The molecule has 1 unspecified atom stereocenters. The lowest BCUT2D eigenvalue weighted by Gasteiger charge is -2.10. The van der Waals surface area contributed by atoms with Gasteiger partial charge in [0.2, 0.25) is 5.91 Å². The smallest absolute Gasteiger partial charge is 0.235 e. The predicted molar refractivity (Wildman–Crippen MR) is 33.3 cm³/mol. The predicted octanol–water partition coefficient (Wildman–Crippen LogP) is -1.25. The minimum Gasteiger partial charge on any atom is -0.368 e. The van der Waals surface area contributed by atoms with E-state index in [1.807, 2.05) is 5.59 Å². The lowest BCUT2D eigenvalue weighted by atomic mass is 10.2. The van der Waals surface area contributed by atoms with Crippen molar-refractivity contribution in [2.24, 2.45) is 5.73 Å². The van der Waals surface area contributed by atoms with Crippen molar-refractivity contribution in [3.8, 4) is 0 Å². The Labute approximate surface area is 58.2 Å². The minimum absolute atomic E-state index is 0.507. The van der Waals surface area contributed by atoms with Crippen molar-refractivity contribution in [3.05, 3.63) is 0 Å². The van der Waals surface area contributed by atoms with Crippen molar-refractivity contribution < 1.29 is 15.0 Å². The first kappa shape index (κ1) is 9.31. The maximum absolute atomic E-state index is 10.4. The van der Waals surface area contributed by atoms with Gasteiger partial charge >= 0.3 is 0 Å². The Morgan fingerprint density at radius 1 is 1.90 bits per heavy atom. The van der Waals surface area contributed by atoms with E-state index in [9.17, 15) is 4.79 Å². The van der Waals surface area contributed by atoms with Crippen LogP contribution >= 0.6 is 0 Å². The summed E-state index contributed by atoms with van der Waals surface area (Å²) >= 11 is 0. The van der Waals surface area contributed by atoms with Crippen molar-refractivity contribution in [1.82, 2.24) is 11.0 Å². The fourth-order valence-electron chi connectivity index (χ4n) is 0.472. The highest BCUT2D eigenvalue weighted by Gasteiger charge is 2.10. The van der Waals surface area contributed by atoms with Crippen LogP contribution < -0.4 is 16.7 Å². The Balaban J connectivity index is 3.50. The van der Waals surface area contributed by atoms with Crippen LogP contribution in [0.25, 0.3) is 0 Å². The monoisotopic (exact) mass is 149 g/mol. The molecule has 0 aromatic carbocycles. The topological polar surface area (TPSA) is 96.6 Å². The molecule has 0 bridgehead atoms. The van der Waals surface area contributed by atoms with E-state index < -0.39 is 11.9 Å². The molecule has 0 radical (unpaired) electrons. The van der Waals surface area contributed by atoms with Crippen LogP contribution in [0.1, 0.15) is 13.3 Å². The second kappa shape index (κ2) is 5.12. The number of rotatable bonds is 5. The van der Waals surface area contributed by atoms with Crippen molar-refractivity contribution in [3.63, 3.8) is 0 Å². The van der Waals surface area contributed by atoms with Crippen LogP contribution in [0.3, 0.4) is 0 Å². The molecule has 10 heavy (non-hydrogen) atoms. The summed E-state index contributed by atoms with van der Waals surface area (Å²) in [5, 5.41) is 7.77. The van der Waals surface area contributed by atoms with Crippen LogP contribution in [0.2, 0.25) is 0 Å². The number of nitrogens with two attached hydrogens (primary N) is 1. The highest BCUT2D eigenvalue weighted by Crippen LogP contribution is 1.85. The summed E-state index contributed by atoms with van der Waals surface area (Å²) in [6, 6.07) is -0.535. The molecule has 0 spiro atoms. The molecule has 1 amide bonds. The number of amides is 1. The van der Waals surface area contributed by atoms with Gasteiger partial charge in [-0.2, -0.15) is 0 Å². The van der Waals surface area contributed by atoms with Crippen LogP contribution in [-0.2, 0) is 9.78 Å². The molecule has 5 N–H and O–H groups in total. The molecule has 1 atom stereocenters. The number of carbonyl (C=O) groups excluding carboxylic acids is 1. The number of carbonyl (C=O) groups is 1. The normalized spacial score (nSPS) is 13.0. The van der Waals surface area contributed by atoms with Gasteiger partial charge in [-0.25, -0.2) is 10.7 Å². The van der Waals surface area contributed by atoms with Gasteiger partial charge < -0.3 is 5.73 Å². The molecular formula is C4H11N3O3. The average Bonchev–Trinajstić information content (AvgIpc) is 1.89. The first-order chi connectivity index (χ1) is 4.72. The zero-order valence-corrected chi connectivity index (χ0v) is 5.63. The molecule has 0 saturated carbocycles. The minimum atomic E-state index is -0.535. The SMILES string of the molecule is CCC(NNOO)C(N)=O. The van der Waals surface area contributed by atoms with Gasteiger partial charge in [-0.15, -0.1) is 10.6 Å². The quantitative estimate of drug-likeness (QED) is 0.289. The first-order valence-electron chi connectivity index (χ1n) is 2.82. The molecular weight excluding hydrogens is 138 g/mol. The third kappa shape index (κ3) is 3.36. The fraction of sp³-hybridized carbons (Fsp3) is 0.750. The zero-order valence-electron chi connectivity index (χ0n) is 5.63. The Morgan fingerprint density at radius 3 is 2.80 bits per heavy atom. The lowest BCUT2D eigenvalue weighted by molar-refractivity contribution is -0.304. The van der Waals surface area contributed by atoms with Crippen LogP contribution in [0.4, 0.5) is 0 Å². The molecule has 6 heteroatoms. The van der Waals surface area contributed by atoms with Gasteiger partial charge in [0.05, 0.1) is 0 Å². The summed E-state index contributed by atoms with van der Waals surface area (Å²) in [5.41, 5.74) is 9.12. The van der Waals surface area contributed by atoms with Gasteiger partial charge in [0.15, 0.2) is 0 Å². The number of primary amides is 1. The Hall–Kier alpha value is -0.690. The Kier molecular flexibility index (Phi) is 4.77. The first-order valence-corrected chi connectivity index (χ1v) is 2.82. The van der Waals surface area contributed by atoms with E-state index >= 15 is 0 Å². The summed E-state index contributed by atoms with van der Waals surface area (Å²) in [6.07, 6.45) is 0.520. The van der Waals surface area contributed by atoms with Crippen LogP contribution in [0.15, 0.2) is 0 Å². The molecule has 0 aromatic rings. The van der Waals surface area contributed by atoms with Gasteiger partial charge in [-0.05, 0) is 6.42 Å². The second-order valence-electron chi connectivity index (χ2n) is 1.70. The lowest BCUT2D eigenvalue weighted by Crippen LogP contribution is -2.47. The third-order valence-electron chi connectivity index (χ3n) is 1.03. The summed E-state index contributed by atoms with van der Waals surface area (Å²) < 4.78 is 0. The summed E-state index contributed by atoms with van der Waals surface area (Å²) in [7, 11) is 0. The Bertz CT molecular complexity index is 108. The van der Waals surface area contributed by atoms with Gasteiger partial charge in [0.25, 0.3) is 0 Å². The van der Waals surface area contributed by atoms with Gasteiger partial charge in [-0.3, -0.25) is 4.79 Å². The molecule has 6 nitrogen and oxygen atoms in total. The molecule has 0 fully saturated rings. The van der Waals surface area contributed by atoms with Gasteiger partial charge in [0.1, 0.15) is 6.04 Å². The van der Waals surface area contributed by atoms with E-state index in [2.05, 4.69) is 10.4 Å². The van der Waals surface area contributed by atoms with E-state index in [1.54, 1.807) is 6.92 Å². The number of hydrogen-bond acceptors (Lipinski definition) is 5. The van der Waals surface area contributed by atoms with E-state index in [-0.39, 0.29) is 0 Å². The molecule has 0 aliphatic carbocycles. The molecule has 0 aliphatic heterocycles. The van der Waals surface area contributed by atoms with Gasteiger partial charge in [-0.1, -0.05) is 6.92 Å². The molecule has 60 valence electrons. The van der Waals surface area contributed by atoms with Crippen molar-refractivity contribution in [1.29, 1.82) is 0 Å². The zero-order chi connectivity index (χ0) is 7.98. The number of nitrogens with one attached hydrogen (secondary N) is 2. The van der Waals surface area contributed by atoms with Crippen LogP contribution in [0.5, 0.6) is 0 Å². The Morgan fingerprint density at radius 2 is 2.50 bits per heavy atom. The van der Waals surface area contributed by atoms with Crippen LogP contribution in [0, 0.1) is 0 Å². The molecule has 0 aliphatic rings. The maximum atomic E-state index is 10.4. The second-order valence-corrected chi connectivity index (χ2v) is 1.70. The number of hydrazine groups is 1. The summed E-state index contributed by atoms with van der Waals surface area (Å²) in [4.78, 5) is 13.9. The van der Waals surface area contributed by atoms with Crippen molar-refractivity contribution in [2.45, 2.75) is 19.4 Å². The van der Waals surface area contributed by atoms with E-state index in [4.69, 9.17) is 11.0 Å². The molecule has 0 saturated heterocycles. The summed E-state index contributed by atoms with van der Waals surface area (Å²) in [6.45, 7) is 1.77. The molecule has 0 aromatic heterocycles. The standard InChI is InChI=1S/C4H11N3O3/c1-2-3(4(5)8)6-7-10-9/h3,6-7,9H,2H2,1H3,(H2,5,8). The third-order valence-corrected chi connectivity index (χ3v) is 1.03. The number of hydrogen-bond donors (Lipinski definition) is 4. The highest BCUT2D eigenvalue weighted by atomic mass is 17.2. The van der Waals surface area contributed by atoms with Gasteiger partial charge in [0, 0.05) is 0 Å². The van der Waals surface area contributed by atoms with E-state index in [0.29, 0.717) is 6.42 Å². The highest BCUT2D eigenvalue weighted by molar-refractivity contribution is 5.79. The summed E-state index contributed by atoms with van der Waals surface area (Å²) in [5.74, 6) is -0.507. The maximum Gasteiger partial charge on any atom is 0.235 e. The largest absolute Gasteiger partial charge is 0.368 e. The fourth-order valence-corrected chi connectivity index (χ4v) is 0.472. The van der Waals surface area contributed by atoms with Crippen LogP contribution in [-0.4, -0.2) is 17.2 Å². The van der Waals surface area contributed by atoms with E-state index in [0.717, 1.165) is 0 Å². The van der Waals surface area contributed by atoms with Crippen molar-refractivity contribution in [2.75, 3.05) is 0 Å². The molecule has 0 rings (SSSR count). The molecule has 0 heterocycles. The van der Waals surface area contributed by atoms with Crippen molar-refractivity contribution >= 4 is 5.91 Å². The van der Waals surface area contributed by atoms with E-state index in [1.165, 1.54) is 0 Å².